The first-order valence-electron chi connectivity index (χ1n) is 6.39. The molecule has 0 radical (unpaired) electrons. The van der Waals surface area contributed by atoms with Gasteiger partial charge in [0.1, 0.15) is 6.10 Å². The van der Waals surface area contributed by atoms with Crippen LogP contribution in [0, 0.1) is 10.1 Å². The van der Waals surface area contributed by atoms with Crippen molar-refractivity contribution in [1.29, 1.82) is 0 Å². The number of hydrogen-bond acceptors (Lipinski definition) is 5. The summed E-state index contributed by atoms with van der Waals surface area (Å²) >= 11 is 3.21. The lowest BCUT2D eigenvalue weighted by Gasteiger charge is -2.25. The monoisotopic (exact) mass is 345 g/mol. The van der Waals surface area contributed by atoms with Crippen molar-refractivity contribution in [3.63, 3.8) is 0 Å². The van der Waals surface area contributed by atoms with E-state index in [4.69, 9.17) is 9.47 Å². The van der Waals surface area contributed by atoms with Gasteiger partial charge >= 0.3 is 5.69 Å². The number of rotatable bonds is 4. The predicted octanol–water partition coefficient (Wildman–Crippen LogP) is 2.97. The lowest BCUT2D eigenvalue weighted by atomic mass is 10.1. The molecule has 0 bridgehead atoms. The molecule has 2 atom stereocenters. The Labute approximate surface area is 125 Å². The molecule has 1 N–H and O–H groups in total. The number of benzene rings is 1. The Balaban J connectivity index is 2.38. The largest absolute Gasteiger partial charge is 0.481 e. The van der Waals surface area contributed by atoms with Crippen molar-refractivity contribution in [2.45, 2.75) is 32.0 Å². The number of nitro groups is 1. The lowest BCUT2D eigenvalue weighted by molar-refractivity contribution is -0.386. The summed E-state index contributed by atoms with van der Waals surface area (Å²) in [7, 11) is 0. The molecule has 1 aliphatic heterocycles. The van der Waals surface area contributed by atoms with Gasteiger partial charge in [0, 0.05) is 22.7 Å². The van der Waals surface area contributed by atoms with Crippen LogP contribution in [0.2, 0.25) is 0 Å². The second kappa shape index (κ2) is 6.51. The van der Waals surface area contributed by atoms with Crippen LogP contribution in [-0.2, 0) is 4.74 Å². The Morgan fingerprint density at radius 1 is 1.60 bits per heavy atom. The van der Waals surface area contributed by atoms with Gasteiger partial charge in [-0.15, -0.1) is 0 Å². The highest BCUT2D eigenvalue weighted by molar-refractivity contribution is 9.10. The molecule has 2 rings (SSSR count). The van der Waals surface area contributed by atoms with Crippen LogP contribution >= 0.6 is 15.9 Å². The molecule has 110 valence electrons. The summed E-state index contributed by atoms with van der Waals surface area (Å²) in [4.78, 5) is 10.7. The fourth-order valence-corrected chi connectivity index (χ4v) is 2.61. The maximum absolute atomic E-state index is 11.2. The molecule has 1 aliphatic rings. The summed E-state index contributed by atoms with van der Waals surface area (Å²) < 4.78 is 11.6. The van der Waals surface area contributed by atoms with E-state index < -0.39 is 11.0 Å². The van der Waals surface area contributed by atoms with E-state index in [1.807, 2.05) is 0 Å². The van der Waals surface area contributed by atoms with E-state index in [-0.39, 0.29) is 17.5 Å². The van der Waals surface area contributed by atoms with Crippen molar-refractivity contribution >= 4 is 21.6 Å². The summed E-state index contributed by atoms with van der Waals surface area (Å²) in [6.07, 6.45) is 0.567. The van der Waals surface area contributed by atoms with Gasteiger partial charge in [-0.05, 0) is 25.8 Å². The van der Waals surface area contributed by atoms with Gasteiger partial charge in [-0.1, -0.05) is 15.9 Å². The molecule has 1 aromatic rings. The van der Waals surface area contributed by atoms with Crippen molar-refractivity contribution in [3.8, 4) is 5.75 Å². The SMILES string of the molecule is C[C@H](O)c1cc(Br)cc([N+](=O)[O-])c1OC1CCCOC1. The van der Waals surface area contributed by atoms with Crippen LogP contribution in [-0.4, -0.2) is 29.3 Å². The topological polar surface area (TPSA) is 81.8 Å². The number of aliphatic hydroxyl groups excluding tert-OH is 1. The smallest absolute Gasteiger partial charge is 0.312 e. The van der Waals surface area contributed by atoms with Gasteiger partial charge in [-0.2, -0.15) is 0 Å². The highest BCUT2D eigenvalue weighted by Crippen LogP contribution is 2.39. The van der Waals surface area contributed by atoms with Crippen LogP contribution < -0.4 is 4.74 Å². The highest BCUT2D eigenvalue weighted by Gasteiger charge is 2.26. The van der Waals surface area contributed by atoms with E-state index in [2.05, 4.69) is 15.9 Å². The quantitative estimate of drug-likeness (QED) is 0.670. The third-order valence-electron chi connectivity index (χ3n) is 3.11. The summed E-state index contributed by atoms with van der Waals surface area (Å²) in [5.41, 5.74) is 0.248. The minimum atomic E-state index is -0.856. The molecule has 1 aromatic carbocycles. The van der Waals surface area contributed by atoms with Crippen molar-refractivity contribution < 1.29 is 19.5 Å². The van der Waals surface area contributed by atoms with Crippen molar-refractivity contribution in [2.75, 3.05) is 13.2 Å². The third kappa shape index (κ3) is 3.47. The van der Waals surface area contributed by atoms with E-state index in [1.54, 1.807) is 13.0 Å². The Bertz CT molecular complexity index is 500. The maximum atomic E-state index is 11.2. The van der Waals surface area contributed by atoms with Crippen LogP contribution in [0.15, 0.2) is 16.6 Å². The van der Waals surface area contributed by atoms with E-state index >= 15 is 0 Å². The van der Waals surface area contributed by atoms with Gasteiger partial charge in [-0.25, -0.2) is 0 Å². The molecule has 1 heterocycles. The molecular weight excluding hydrogens is 330 g/mol. The van der Waals surface area contributed by atoms with Crippen LogP contribution in [0.3, 0.4) is 0 Å². The second-order valence-electron chi connectivity index (χ2n) is 4.73. The Morgan fingerprint density at radius 2 is 2.35 bits per heavy atom. The number of nitro benzene ring substituents is 1. The molecule has 1 fully saturated rings. The number of nitrogens with zero attached hydrogens (tertiary/aromatic N) is 1. The molecule has 0 aliphatic carbocycles. The van der Waals surface area contributed by atoms with Crippen LogP contribution in [0.25, 0.3) is 0 Å². The molecule has 1 saturated heterocycles. The number of aliphatic hydroxyl groups is 1. The number of hydrogen-bond donors (Lipinski definition) is 1. The zero-order valence-corrected chi connectivity index (χ0v) is 12.6. The van der Waals surface area contributed by atoms with Crippen molar-refractivity contribution in [3.05, 3.63) is 32.3 Å². The Kier molecular flexibility index (Phi) is 4.95. The summed E-state index contributed by atoms with van der Waals surface area (Å²) in [6, 6.07) is 3.02. The van der Waals surface area contributed by atoms with Crippen LogP contribution in [0.1, 0.15) is 31.4 Å². The number of halogens is 1. The second-order valence-corrected chi connectivity index (χ2v) is 5.65. The first-order valence-corrected chi connectivity index (χ1v) is 7.18. The molecule has 20 heavy (non-hydrogen) atoms. The normalized spacial score (nSPS) is 20.4. The maximum Gasteiger partial charge on any atom is 0.312 e. The zero-order chi connectivity index (χ0) is 14.7. The Morgan fingerprint density at radius 3 is 2.90 bits per heavy atom. The average Bonchev–Trinajstić information content (AvgIpc) is 2.41. The molecule has 1 unspecified atom stereocenters. The van der Waals surface area contributed by atoms with Crippen LogP contribution in [0.4, 0.5) is 5.69 Å². The lowest BCUT2D eigenvalue weighted by Crippen LogP contribution is -2.28. The first kappa shape index (κ1) is 15.2. The van der Waals surface area contributed by atoms with E-state index in [9.17, 15) is 15.2 Å². The molecule has 0 saturated carbocycles. The zero-order valence-electron chi connectivity index (χ0n) is 11.0. The first-order chi connectivity index (χ1) is 9.49. The molecule has 0 aromatic heterocycles. The van der Waals surface area contributed by atoms with E-state index in [1.165, 1.54) is 6.07 Å². The van der Waals surface area contributed by atoms with Crippen molar-refractivity contribution in [1.82, 2.24) is 0 Å². The summed E-state index contributed by atoms with van der Waals surface area (Å²) in [5.74, 6) is 0.128. The Hall–Kier alpha value is -1.18. The molecule has 0 amide bonds. The van der Waals surface area contributed by atoms with E-state index in [0.29, 0.717) is 23.2 Å². The van der Waals surface area contributed by atoms with E-state index in [0.717, 1.165) is 12.8 Å². The summed E-state index contributed by atoms with van der Waals surface area (Å²) in [5, 5.41) is 21.0. The fraction of sp³-hybridized carbons (Fsp3) is 0.538. The summed E-state index contributed by atoms with van der Waals surface area (Å²) in [6.45, 7) is 2.65. The average molecular weight is 346 g/mol. The van der Waals surface area contributed by atoms with Crippen molar-refractivity contribution in [2.24, 2.45) is 0 Å². The van der Waals surface area contributed by atoms with Crippen LogP contribution in [0.5, 0.6) is 5.75 Å². The van der Waals surface area contributed by atoms with Gasteiger partial charge in [-0.3, -0.25) is 10.1 Å². The molecular formula is C13H16BrNO5. The fourth-order valence-electron chi connectivity index (χ4n) is 2.14. The highest BCUT2D eigenvalue weighted by atomic mass is 79.9. The minimum absolute atomic E-state index is 0.128. The standard InChI is InChI=1S/C13H16BrNO5/c1-8(16)11-5-9(14)6-12(15(17)18)13(11)20-10-3-2-4-19-7-10/h5-6,8,10,16H,2-4,7H2,1H3/t8-,10?/m0/s1. The number of ether oxygens (including phenoxy) is 2. The predicted molar refractivity (Wildman–Crippen MR) is 75.9 cm³/mol. The molecule has 6 nitrogen and oxygen atoms in total. The van der Waals surface area contributed by atoms with Gasteiger partial charge in [0.25, 0.3) is 0 Å². The third-order valence-corrected chi connectivity index (χ3v) is 3.57. The molecule has 7 heteroatoms. The van der Waals surface area contributed by atoms with Gasteiger partial charge < -0.3 is 14.6 Å². The molecule has 0 spiro atoms. The van der Waals surface area contributed by atoms with Gasteiger partial charge in [0.2, 0.25) is 5.75 Å². The minimum Gasteiger partial charge on any atom is -0.481 e. The van der Waals surface area contributed by atoms with Gasteiger partial charge in [0.05, 0.1) is 17.6 Å². The van der Waals surface area contributed by atoms with Gasteiger partial charge in [0.15, 0.2) is 0 Å².